The van der Waals surface area contributed by atoms with Gasteiger partial charge in [0.25, 0.3) is 5.91 Å². The van der Waals surface area contributed by atoms with Crippen molar-refractivity contribution in [1.82, 2.24) is 5.32 Å². The van der Waals surface area contributed by atoms with Crippen molar-refractivity contribution in [3.8, 4) is 0 Å². The molecule has 0 radical (unpaired) electrons. The van der Waals surface area contributed by atoms with E-state index in [1.165, 1.54) is 12.1 Å². The number of rotatable bonds is 3. The van der Waals surface area contributed by atoms with E-state index in [4.69, 9.17) is 4.74 Å². The largest absolute Gasteiger partial charge is 0.459 e. The Hall–Kier alpha value is -1.91. The fourth-order valence-electron chi connectivity index (χ4n) is 1.79. The van der Waals surface area contributed by atoms with Gasteiger partial charge in [0.1, 0.15) is 18.0 Å². The van der Waals surface area contributed by atoms with Crippen LogP contribution >= 0.6 is 0 Å². The standard InChI is InChI=1S/C17H24FNO3/c1-16(2,3)11-7-8-12(13(18)9-11)15(21)19-10-14(20)22-17(4,5)6/h7-9H,10H2,1-6H3,(H,19,21). The first-order chi connectivity index (χ1) is 9.90. The van der Waals surface area contributed by atoms with E-state index in [0.717, 1.165) is 5.56 Å². The van der Waals surface area contributed by atoms with Crippen LogP contribution in [-0.2, 0) is 14.9 Å². The Morgan fingerprint density at radius 1 is 1.14 bits per heavy atom. The lowest BCUT2D eigenvalue weighted by atomic mass is 9.86. The molecule has 0 saturated heterocycles. The van der Waals surface area contributed by atoms with Crippen LogP contribution in [0.2, 0.25) is 0 Å². The SMILES string of the molecule is CC(C)(C)OC(=O)CNC(=O)c1ccc(C(C)(C)C)cc1F. The van der Waals surface area contributed by atoms with Gasteiger partial charge in [-0.05, 0) is 43.9 Å². The summed E-state index contributed by atoms with van der Waals surface area (Å²) in [5, 5.41) is 2.37. The minimum atomic E-state index is -0.635. The Balaban J connectivity index is 2.73. The lowest BCUT2D eigenvalue weighted by Crippen LogP contribution is -2.35. The van der Waals surface area contributed by atoms with E-state index in [2.05, 4.69) is 5.32 Å². The zero-order chi connectivity index (χ0) is 17.1. The van der Waals surface area contributed by atoms with Crippen molar-refractivity contribution in [3.63, 3.8) is 0 Å². The Labute approximate surface area is 131 Å². The van der Waals surface area contributed by atoms with E-state index < -0.39 is 23.3 Å². The molecule has 1 aromatic rings. The van der Waals surface area contributed by atoms with Crippen molar-refractivity contribution >= 4 is 11.9 Å². The van der Waals surface area contributed by atoms with Crippen molar-refractivity contribution < 1.29 is 18.7 Å². The number of carbonyl (C=O) groups excluding carboxylic acids is 2. The molecule has 0 saturated carbocycles. The molecule has 0 spiro atoms. The third kappa shape index (κ3) is 5.47. The van der Waals surface area contributed by atoms with Crippen molar-refractivity contribution in [2.24, 2.45) is 0 Å². The van der Waals surface area contributed by atoms with E-state index in [9.17, 15) is 14.0 Å². The molecule has 1 aromatic carbocycles. The molecule has 0 heterocycles. The minimum absolute atomic E-state index is 0.0865. The van der Waals surface area contributed by atoms with Gasteiger partial charge in [0.2, 0.25) is 0 Å². The molecule has 0 fully saturated rings. The Bertz CT molecular complexity index is 568. The molecule has 0 bridgehead atoms. The van der Waals surface area contributed by atoms with Gasteiger partial charge in [0, 0.05) is 0 Å². The van der Waals surface area contributed by atoms with E-state index in [0.29, 0.717) is 0 Å². The molecular weight excluding hydrogens is 285 g/mol. The maximum absolute atomic E-state index is 14.0. The second-order valence-corrected chi connectivity index (χ2v) is 7.21. The van der Waals surface area contributed by atoms with E-state index in [1.807, 2.05) is 20.8 Å². The van der Waals surface area contributed by atoms with E-state index in [1.54, 1.807) is 26.8 Å². The van der Waals surface area contributed by atoms with Crippen LogP contribution in [0.1, 0.15) is 57.5 Å². The van der Waals surface area contributed by atoms with Gasteiger partial charge in [0.05, 0.1) is 5.56 Å². The van der Waals surface area contributed by atoms with Crippen molar-refractivity contribution in [2.75, 3.05) is 6.54 Å². The number of esters is 1. The van der Waals surface area contributed by atoms with Gasteiger partial charge >= 0.3 is 5.97 Å². The Kier molecular flexibility index (Phi) is 5.33. The highest BCUT2D eigenvalue weighted by atomic mass is 19.1. The molecule has 0 aromatic heterocycles. The van der Waals surface area contributed by atoms with Gasteiger partial charge in [-0.3, -0.25) is 9.59 Å². The third-order valence-electron chi connectivity index (χ3n) is 2.89. The highest BCUT2D eigenvalue weighted by molar-refractivity contribution is 5.96. The molecule has 0 atom stereocenters. The predicted molar refractivity (Wildman–Crippen MR) is 83.3 cm³/mol. The first-order valence-corrected chi connectivity index (χ1v) is 7.20. The summed E-state index contributed by atoms with van der Waals surface area (Å²) >= 11 is 0. The minimum Gasteiger partial charge on any atom is -0.459 e. The summed E-state index contributed by atoms with van der Waals surface area (Å²) in [4.78, 5) is 23.5. The summed E-state index contributed by atoms with van der Waals surface area (Å²) < 4.78 is 19.1. The number of nitrogens with one attached hydrogen (secondary N) is 1. The normalized spacial score (nSPS) is 12.0. The van der Waals surface area contributed by atoms with E-state index in [-0.39, 0.29) is 17.5 Å². The quantitative estimate of drug-likeness (QED) is 0.872. The highest BCUT2D eigenvalue weighted by Gasteiger charge is 2.20. The highest BCUT2D eigenvalue weighted by Crippen LogP contribution is 2.24. The average molecular weight is 309 g/mol. The van der Waals surface area contributed by atoms with Gasteiger partial charge in [-0.15, -0.1) is 0 Å². The molecule has 1 N–H and O–H groups in total. The maximum atomic E-state index is 14.0. The van der Waals surface area contributed by atoms with Gasteiger partial charge in [0.15, 0.2) is 0 Å². The van der Waals surface area contributed by atoms with Crippen molar-refractivity contribution in [1.29, 1.82) is 0 Å². The zero-order valence-corrected chi connectivity index (χ0v) is 14.0. The van der Waals surface area contributed by atoms with E-state index >= 15 is 0 Å². The van der Waals surface area contributed by atoms with Gasteiger partial charge in [-0.2, -0.15) is 0 Å². The van der Waals surface area contributed by atoms with Crippen LogP contribution in [0.5, 0.6) is 0 Å². The fraction of sp³-hybridized carbons (Fsp3) is 0.529. The monoisotopic (exact) mass is 309 g/mol. The molecule has 0 aliphatic carbocycles. The smallest absolute Gasteiger partial charge is 0.325 e. The van der Waals surface area contributed by atoms with Gasteiger partial charge in [-0.1, -0.05) is 26.8 Å². The summed E-state index contributed by atoms with van der Waals surface area (Å²) in [5.74, 6) is -1.80. The molecule has 1 amide bonds. The molecular formula is C17H24FNO3. The first-order valence-electron chi connectivity index (χ1n) is 7.20. The Morgan fingerprint density at radius 3 is 2.18 bits per heavy atom. The maximum Gasteiger partial charge on any atom is 0.325 e. The third-order valence-corrected chi connectivity index (χ3v) is 2.89. The fourth-order valence-corrected chi connectivity index (χ4v) is 1.79. The topological polar surface area (TPSA) is 55.4 Å². The van der Waals surface area contributed by atoms with Crippen LogP contribution in [-0.4, -0.2) is 24.0 Å². The molecule has 0 aliphatic heterocycles. The summed E-state index contributed by atoms with van der Waals surface area (Å²) in [7, 11) is 0. The molecule has 22 heavy (non-hydrogen) atoms. The summed E-state index contributed by atoms with van der Waals surface area (Å²) in [6.45, 7) is 10.8. The predicted octanol–water partition coefficient (Wildman–Crippen LogP) is 3.19. The lowest BCUT2D eigenvalue weighted by molar-refractivity contribution is -0.153. The van der Waals surface area contributed by atoms with Gasteiger partial charge in [-0.25, -0.2) is 4.39 Å². The second-order valence-electron chi connectivity index (χ2n) is 7.21. The van der Waals surface area contributed by atoms with Crippen molar-refractivity contribution in [2.45, 2.75) is 52.6 Å². The van der Waals surface area contributed by atoms with Crippen LogP contribution < -0.4 is 5.32 Å². The summed E-state index contributed by atoms with van der Waals surface area (Å²) in [6.07, 6.45) is 0. The average Bonchev–Trinajstić information content (AvgIpc) is 2.32. The molecule has 1 rings (SSSR count). The molecule has 0 aliphatic rings. The van der Waals surface area contributed by atoms with Crippen LogP contribution in [0.4, 0.5) is 4.39 Å². The number of hydrogen-bond acceptors (Lipinski definition) is 3. The number of benzene rings is 1. The first kappa shape index (κ1) is 18.1. The van der Waals surface area contributed by atoms with Crippen LogP contribution in [0.15, 0.2) is 18.2 Å². The van der Waals surface area contributed by atoms with Gasteiger partial charge < -0.3 is 10.1 Å². The number of ether oxygens (including phenoxy) is 1. The number of halogens is 1. The number of hydrogen-bond donors (Lipinski definition) is 1. The molecule has 122 valence electrons. The van der Waals surface area contributed by atoms with Crippen LogP contribution in [0.25, 0.3) is 0 Å². The number of carbonyl (C=O) groups is 2. The summed E-state index contributed by atoms with van der Waals surface area (Å²) in [5.41, 5.74) is -0.112. The van der Waals surface area contributed by atoms with Crippen LogP contribution in [0.3, 0.4) is 0 Å². The number of amides is 1. The second kappa shape index (κ2) is 6.46. The molecule has 5 heteroatoms. The molecule has 4 nitrogen and oxygen atoms in total. The summed E-state index contributed by atoms with van der Waals surface area (Å²) in [6, 6.07) is 4.49. The lowest BCUT2D eigenvalue weighted by Gasteiger charge is -2.20. The molecule has 0 unspecified atom stereocenters. The van der Waals surface area contributed by atoms with Crippen molar-refractivity contribution in [3.05, 3.63) is 35.1 Å². The Morgan fingerprint density at radius 2 is 1.73 bits per heavy atom. The van der Waals surface area contributed by atoms with Crippen LogP contribution in [0, 0.1) is 5.82 Å². The zero-order valence-electron chi connectivity index (χ0n) is 14.0.